The number of urea groups is 1. The van der Waals surface area contributed by atoms with E-state index in [0.717, 1.165) is 0 Å². The molecule has 0 aromatic heterocycles. The highest BCUT2D eigenvalue weighted by Crippen LogP contribution is 2.23. The first-order valence-electron chi connectivity index (χ1n) is 5.34. The molecule has 0 aliphatic carbocycles. The average Bonchev–Trinajstić information content (AvgIpc) is 2.33. The van der Waals surface area contributed by atoms with Gasteiger partial charge in [0.05, 0.1) is 22.2 Å². The fourth-order valence-electron chi connectivity index (χ4n) is 1.35. The number of nitrogens with two attached hydrogens (primary N) is 1. The lowest BCUT2D eigenvalue weighted by Crippen LogP contribution is -2.49. The van der Waals surface area contributed by atoms with Crippen LogP contribution < -0.4 is 16.4 Å². The monoisotopic (exact) mass is 319 g/mol. The van der Waals surface area contributed by atoms with E-state index in [-0.39, 0.29) is 22.2 Å². The van der Waals surface area contributed by atoms with Crippen LogP contribution in [0.2, 0.25) is 10.0 Å². The second kappa shape index (κ2) is 6.97. The Morgan fingerprint density at radius 3 is 2.25 bits per heavy atom. The number of carboxylic acid groups (broad SMARTS) is 1. The molecule has 20 heavy (non-hydrogen) atoms. The van der Waals surface area contributed by atoms with Gasteiger partial charge in [0, 0.05) is 0 Å². The first-order chi connectivity index (χ1) is 9.32. The van der Waals surface area contributed by atoms with Crippen molar-refractivity contribution in [1.29, 1.82) is 0 Å². The van der Waals surface area contributed by atoms with Gasteiger partial charge in [0.2, 0.25) is 0 Å². The standard InChI is InChI=1S/C11H11Cl2N3O4/c12-5-2-1-3-6(13)8(5)9(17)16-7(10(18)19)4-15-11(14)20/h1-3,7H,4H2,(H,16,17)(H,18,19)(H3,14,15,20)/t7-/m0/s1. The van der Waals surface area contributed by atoms with Crippen molar-refractivity contribution < 1.29 is 19.5 Å². The molecular weight excluding hydrogens is 309 g/mol. The second-order valence-electron chi connectivity index (χ2n) is 3.71. The van der Waals surface area contributed by atoms with Crippen LogP contribution in [0, 0.1) is 0 Å². The lowest BCUT2D eigenvalue weighted by atomic mass is 10.2. The van der Waals surface area contributed by atoms with Crippen molar-refractivity contribution in [3.05, 3.63) is 33.8 Å². The molecule has 9 heteroatoms. The molecule has 0 spiro atoms. The number of carbonyl (C=O) groups excluding carboxylic acids is 2. The number of rotatable bonds is 5. The molecule has 108 valence electrons. The number of benzene rings is 1. The predicted molar refractivity (Wildman–Crippen MR) is 72.9 cm³/mol. The van der Waals surface area contributed by atoms with Crippen molar-refractivity contribution in [2.75, 3.05) is 6.54 Å². The van der Waals surface area contributed by atoms with Crippen molar-refractivity contribution in [2.45, 2.75) is 6.04 Å². The van der Waals surface area contributed by atoms with E-state index in [4.69, 9.17) is 34.0 Å². The molecule has 0 radical (unpaired) electrons. The minimum atomic E-state index is -1.36. The molecule has 7 nitrogen and oxygen atoms in total. The van der Waals surface area contributed by atoms with Crippen molar-refractivity contribution in [3.63, 3.8) is 0 Å². The van der Waals surface area contributed by atoms with Gasteiger partial charge in [-0.15, -0.1) is 0 Å². The van der Waals surface area contributed by atoms with Crippen LogP contribution in [0.3, 0.4) is 0 Å². The molecule has 5 N–H and O–H groups in total. The molecule has 0 fully saturated rings. The largest absolute Gasteiger partial charge is 0.480 e. The topological polar surface area (TPSA) is 122 Å². The Labute approximate surface area is 124 Å². The summed E-state index contributed by atoms with van der Waals surface area (Å²) in [7, 11) is 0. The molecule has 1 aromatic rings. The van der Waals surface area contributed by atoms with Crippen LogP contribution in [0.4, 0.5) is 4.79 Å². The van der Waals surface area contributed by atoms with Crippen LogP contribution in [0.25, 0.3) is 0 Å². The zero-order valence-corrected chi connectivity index (χ0v) is 11.5. The third-order valence-corrected chi connectivity index (χ3v) is 2.90. The van der Waals surface area contributed by atoms with Crippen molar-refractivity contribution in [2.24, 2.45) is 5.73 Å². The van der Waals surface area contributed by atoms with E-state index in [2.05, 4.69) is 10.6 Å². The van der Waals surface area contributed by atoms with Crippen LogP contribution in [-0.2, 0) is 4.79 Å². The number of hydrogen-bond acceptors (Lipinski definition) is 3. The maximum atomic E-state index is 12.0. The molecule has 0 bridgehead atoms. The summed E-state index contributed by atoms with van der Waals surface area (Å²) in [6.07, 6.45) is 0. The summed E-state index contributed by atoms with van der Waals surface area (Å²) in [5.74, 6) is -2.10. The first kappa shape index (κ1) is 16.1. The molecule has 0 saturated carbocycles. The second-order valence-corrected chi connectivity index (χ2v) is 4.52. The summed E-state index contributed by atoms with van der Waals surface area (Å²) in [6, 6.07) is 2.17. The van der Waals surface area contributed by atoms with E-state index in [1.165, 1.54) is 12.1 Å². The smallest absolute Gasteiger partial charge is 0.328 e. The molecule has 0 unspecified atom stereocenters. The number of amides is 3. The molecule has 3 amide bonds. The minimum absolute atomic E-state index is 0.0406. The van der Waals surface area contributed by atoms with Crippen molar-refractivity contribution in [1.82, 2.24) is 10.6 Å². The highest BCUT2D eigenvalue weighted by molar-refractivity contribution is 6.39. The molecule has 1 aromatic carbocycles. The van der Waals surface area contributed by atoms with E-state index >= 15 is 0 Å². The van der Waals surface area contributed by atoms with Gasteiger partial charge in [0.25, 0.3) is 5.91 Å². The molecule has 1 rings (SSSR count). The average molecular weight is 320 g/mol. The molecule has 0 aliphatic heterocycles. The van der Waals surface area contributed by atoms with Gasteiger partial charge in [-0.2, -0.15) is 0 Å². The maximum Gasteiger partial charge on any atom is 0.328 e. The van der Waals surface area contributed by atoms with Crippen LogP contribution in [0.1, 0.15) is 10.4 Å². The Bertz CT molecular complexity index is 530. The number of carbonyl (C=O) groups is 3. The number of aliphatic carboxylic acids is 1. The molecule has 0 saturated heterocycles. The highest BCUT2D eigenvalue weighted by Gasteiger charge is 2.23. The summed E-state index contributed by atoms with van der Waals surface area (Å²) >= 11 is 11.7. The SMILES string of the molecule is NC(=O)NC[C@H](NC(=O)c1c(Cl)cccc1Cl)C(=O)O. The molecular formula is C11H11Cl2N3O4. The zero-order valence-electron chi connectivity index (χ0n) is 10.0. The maximum absolute atomic E-state index is 12.0. The Kier molecular flexibility index (Phi) is 5.60. The number of nitrogens with one attached hydrogen (secondary N) is 2. The lowest BCUT2D eigenvalue weighted by molar-refractivity contribution is -0.139. The highest BCUT2D eigenvalue weighted by atomic mass is 35.5. The van der Waals surface area contributed by atoms with E-state index in [0.29, 0.717) is 0 Å². The summed E-state index contributed by atoms with van der Waals surface area (Å²) in [5.41, 5.74) is 4.79. The van der Waals surface area contributed by atoms with Crippen LogP contribution in [0.15, 0.2) is 18.2 Å². The third kappa shape index (κ3) is 4.29. The summed E-state index contributed by atoms with van der Waals surface area (Å²) in [5, 5.41) is 13.4. The quantitative estimate of drug-likeness (QED) is 0.642. The van der Waals surface area contributed by atoms with Gasteiger partial charge in [-0.05, 0) is 12.1 Å². The zero-order chi connectivity index (χ0) is 15.3. The van der Waals surface area contributed by atoms with E-state index in [1.807, 2.05) is 0 Å². The van der Waals surface area contributed by atoms with Crippen LogP contribution in [0.5, 0.6) is 0 Å². The van der Waals surface area contributed by atoms with Gasteiger partial charge in [-0.3, -0.25) is 4.79 Å². The normalized spacial score (nSPS) is 11.5. The van der Waals surface area contributed by atoms with Gasteiger partial charge in [-0.25, -0.2) is 9.59 Å². The number of primary amides is 1. The molecule has 0 aliphatic rings. The van der Waals surface area contributed by atoms with Gasteiger partial charge >= 0.3 is 12.0 Å². The van der Waals surface area contributed by atoms with E-state index in [1.54, 1.807) is 6.07 Å². The van der Waals surface area contributed by atoms with E-state index in [9.17, 15) is 14.4 Å². The lowest BCUT2D eigenvalue weighted by Gasteiger charge is -2.15. The Hall–Kier alpha value is -1.99. The number of carboxylic acids is 1. The fourth-order valence-corrected chi connectivity index (χ4v) is 1.92. The van der Waals surface area contributed by atoms with Crippen molar-refractivity contribution >= 4 is 41.1 Å². The third-order valence-electron chi connectivity index (χ3n) is 2.27. The first-order valence-corrected chi connectivity index (χ1v) is 6.09. The Morgan fingerprint density at radius 1 is 1.25 bits per heavy atom. The van der Waals surface area contributed by atoms with Gasteiger partial charge in [0.15, 0.2) is 0 Å². The summed E-state index contributed by atoms with van der Waals surface area (Å²) < 4.78 is 0. The van der Waals surface area contributed by atoms with Crippen LogP contribution >= 0.6 is 23.2 Å². The summed E-state index contributed by atoms with van der Waals surface area (Å²) in [4.78, 5) is 33.5. The molecule has 1 atom stereocenters. The summed E-state index contributed by atoms with van der Waals surface area (Å²) in [6.45, 7) is -0.363. The number of hydrogen-bond donors (Lipinski definition) is 4. The molecule has 0 heterocycles. The van der Waals surface area contributed by atoms with Crippen LogP contribution in [-0.4, -0.2) is 35.6 Å². The number of halogens is 2. The van der Waals surface area contributed by atoms with Crippen molar-refractivity contribution in [3.8, 4) is 0 Å². The Morgan fingerprint density at radius 2 is 1.80 bits per heavy atom. The fraction of sp³-hybridized carbons (Fsp3) is 0.182. The van der Waals surface area contributed by atoms with Gasteiger partial charge < -0.3 is 21.5 Å². The minimum Gasteiger partial charge on any atom is -0.480 e. The Balaban J connectivity index is 2.86. The van der Waals surface area contributed by atoms with Gasteiger partial charge in [0.1, 0.15) is 6.04 Å². The van der Waals surface area contributed by atoms with Gasteiger partial charge in [-0.1, -0.05) is 29.3 Å². The predicted octanol–water partition coefficient (Wildman–Crippen LogP) is 0.845. The van der Waals surface area contributed by atoms with E-state index < -0.39 is 23.9 Å².